The van der Waals surface area contributed by atoms with Gasteiger partial charge in [0, 0.05) is 9.92 Å². The molecule has 0 spiro atoms. The molecule has 0 atom stereocenters. The minimum Gasteiger partial charge on any atom is -0.476 e. The number of hydrogen-bond acceptors (Lipinski definition) is 4. The molecule has 0 fully saturated rings. The highest BCUT2D eigenvalue weighted by atomic mass is 35.5. The van der Waals surface area contributed by atoms with E-state index in [9.17, 15) is 0 Å². The van der Waals surface area contributed by atoms with E-state index in [4.69, 9.17) is 22.1 Å². The zero-order valence-electron chi connectivity index (χ0n) is 11.5. The Kier molecular flexibility index (Phi) is 5.15. The number of nitrogens with two attached hydrogens (primary N) is 1. The van der Waals surface area contributed by atoms with Crippen LogP contribution in [0.1, 0.15) is 13.8 Å². The van der Waals surface area contributed by atoms with Gasteiger partial charge in [0.05, 0.1) is 12.3 Å². The molecule has 0 amide bonds. The Balaban J connectivity index is 2.14. The van der Waals surface area contributed by atoms with Crippen molar-refractivity contribution in [1.29, 1.82) is 0 Å². The summed E-state index contributed by atoms with van der Waals surface area (Å²) < 4.78 is 5.62. The largest absolute Gasteiger partial charge is 0.476 e. The van der Waals surface area contributed by atoms with Crippen molar-refractivity contribution in [2.45, 2.75) is 23.8 Å². The zero-order chi connectivity index (χ0) is 14.5. The summed E-state index contributed by atoms with van der Waals surface area (Å²) in [5.74, 6) is 0.922. The second-order valence-electron chi connectivity index (χ2n) is 4.81. The smallest absolute Gasteiger partial charge is 0.238 e. The number of ether oxygens (including phenoxy) is 1. The second-order valence-corrected chi connectivity index (χ2v) is 6.34. The van der Waals surface area contributed by atoms with Crippen molar-refractivity contribution in [3.63, 3.8) is 0 Å². The van der Waals surface area contributed by atoms with E-state index >= 15 is 0 Å². The van der Waals surface area contributed by atoms with Crippen LogP contribution in [0.15, 0.2) is 46.3 Å². The molecule has 0 saturated carbocycles. The van der Waals surface area contributed by atoms with Crippen LogP contribution in [0.2, 0.25) is 5.02 Å². The molecule has 2 rings (SSSR count). The maximum absolute atomic E-state index is 5.97. The van der Waals surface area contributed by atoms with Gasteiger partial charge in [-0.3, -0.25) is 0 Å². The fraction of sp³-hybridized carbons (Fsp3) is 0.267. The number of hydrogen-bond donors (Lipinski definition) is 1. The topological polar surface area (TPSA) is 48.1 Å². The van der Waals surface area contributed by atoms with Gasteiger partial charge in [-0.2, -0.15) is 0 Å². The fourth-order valence-electron chi connectivity index (χ4n) is 1.50. The first-order valence-electron chi connectivity index (χ1n) is 6.37. The Morgan fingerprint density at radius 1 is 1.30 bits per heavy atom. The van der Waals surface area contributed by atoms with Gasteiger partial charge in [-0.25, -0.2) is 4.98 Å². The van der Waals surface area contributed by atoms with E-state index in [1.807, 2.05) is 36.4 Å². The zero-order valence-corrected chi connectivity index (χ0v) is 13.0. The minimum atomic E-state index is 0.431. The van der Waals surface area contributed by atoms with Gasteiger partial charge >= 0.3 is 0 Å². The molecule has 3 nitrogen and oxygen atoms in total. The molecule has 1 heterocycles. The van der Waals surface area contributed by atoms with Gasteiger partial charge in [0.25, 0.3) is 0 Å². The first-order valence-corrected chi connectivity index (χ1v) is 7.57. The Labute approximate surface area is 128 Å². The Bertz CT molecular complexity index is 590. The van der Waals surface area contributed by atoms with E-state index in [2.05, 4.69) is 18.8 Å². The van der Waals surface area contributed by atoms with Crippen molar-refractivity contribution in [2.75, 3.05) is 12.3 Å². The summed E-state index contributed by atoms with van der Waals surface area (Å²) in [6.45, 7) is 4.77. The summed E-state index contributed by atoms with van der Waals surface area (Å²) in [4.78, 5) is 5.47. The molecule has 5 heteroatoms. The average Bonchev–Trinajstić information content (AvgIpc) is 2.39. The van der Waals surface area contributed by atoms with Gasteiger partial charge < -0.3 is 10.5 Å². The lowest BCUT2D eigenvalue weighted by atomic mass is 10.2. The molecular formula is C15H17ClN2OS. The molecule has 1 aromatic heterocycles. The molecule has 0 aliphatic heterocycles. The number of halogens is 1. The van der Waals surface area contributed by atoms with Crippen molar-refractivity contribution >= 4 is 29.1 Å². The Morgan fingerprint density at radius 3 is 2.80 bits per heavy atom. The van der Waals surface area contributed by atoms with Crippen molar-refractivity contribution in [1.82, 2.24) is 4.98 Å². The van der Waals surface area contributed by atoms with Crippen LogP contribution in [-0.4, -0.2) is 11.6 Å². The van der Waals surface area contributed by atoms with Crippen molar-refractivity contribution < 1.29 is 4.74 Å². The van der Waals surface area contributed by atoms with Crippen LogP contribution in [0.5, 0.6) is 5.88 Å². The number of rotatable bonds is 5. The van der Waals surface area contributed by atoms with E-state index in [0.717, 1.165) is 9.92 Å². The van der Waals surface area contributed by atoms with Crippen LogP contribution in [-0.2, 0) is 0 Å². The lowest BCUT2D eigenvalue weighted by Gasteiger charge is -2.11. The van der Waals surface area contributed by atoms with Crippen LogP contribution in [0.4, 0.5) is 5.69 Å². The molecule has 0 unspecified atom stereocenters. The first kappa shape index (κ1) is 15.0. The Morgan fingerprint density at radius 2 is 2.10 bits per heavy atom. The van der Waals surface area contributed by atoms with E-state index in [1.165, 1.54) is 11.8 Å². The quantitative estimate of drug-likeness (QED) is 0.883. The molecule has 0 aliphatic rings. The summed E-state index contributed by atoms with van der Waals surface area (Å²) in [5.41, 5.74) is 6.43. The van der Waals surface area contributed by atoms with Crippen LogP contribution in [0, 0.1) is 5.92 Å². The second kappa shape index (κ2) is 6.86. The average molecular weight is 309 g/mol. The lowest BCUT2D eigenvalue weighted by molar-refractivity contribution is 0.261. The molecule has 106 valence electrons. The highest BCUT2D eigenvalue weighted by Crippen LogP contribution is 2.31. The fourth-order valence-corrected chi connectivity index (χ4v) is 2.60. The SMILES string of the molecule is CC(C)COc1nc(Sc2cccc(Cl)c2)ccc1N. The molecule has 20 heavy (non-hydrogen) atoms. The van der Waals surface area contributed by atoms with Crippen molar-refractivity contribution in [3.05, 3.63) is 41.4 Å². The van der Waals surface area contributed by atoms with Crippen LogP contribution in [0.3, 0.4) is 0 Å². The molecule has 0 bridgehead atoms. The maximum atomic E-state index is 5.97. The molecule has 2 aromatic rings. The third kappa shape index (κ3) is 4.32. The first-order chi connectivity index (χ1) is 9.54. The molecule has 2 N–H and O–H groups in total. The summed E-state index contributed by atoms with van der Waals surface area (Å²) in [7, 11) is 0. The van der Waals surface area contributed by atoms with E-state index in [1.54, 1.807) is 0 Å². The van der Waals surface area contributed by atoms with Gasteiger partial charge in [0.1, 0.15) is 5.03 Å². The Hall–Kier alpha value is -1.39. The van der Waals surface area contributed by atoms with Gasteiger partial charge in [-0.05, 0) is 36.2 Å². The normalized spacial score (nSPS) is 10.8. The van der Waals surface area contributed by atoms with Crippen LogP contribution < -0.4 is 10.5 Å². The standard InChI is InChI=1S/C15H17ClN2OS/c1-10(2)9-19-15-13(17)6-7-14(18-15)20-12-5-3-4-11(16)8-12/h3-8,10H,9,17H2,1-2H3. The molecule has 0 saturated heterocycles. The molecular weight excluding hydrogens is 292 g/mol. The van der Waals surface area contributed by atoms with Gasteiger partial charge in [-0.15, -0.1) is 0 Å². The molecule has 0 aliphatic carbocycles. The highest BCUT2D eigenvalue weighted by molar-refractivity contribution is 7.99. The number of benzene rings is 1. The van der Waals surface area contributed by atoms with Crippen molar-refractivity contribution in [3.8, 4) is 5.88 Å². The number of aromatic nitrogens is 1. The summed E-state index contributed by atoms with van der Waals surface area (Å²) >= 11 is 7.50. The number of nitrogens with zero attached hydrogens (tertiary/aromatic N) is 1. The maximum Gasteiger partial charge on any atom is 0.238 e. The predicted octanol–water partition coefficient (Wildman–Crippen LogP) is 4.50. The van der Waals surface area contributed by atoms with E-state index in [0.29, 0.717) is 29.1 Å². The number of anilines is 1. The van der Waals surface area contributed by atoms with E-state index < -0.39 is 0 Å². The van der Waals surface area contributed by atoms with E-state index in [-0.39, 0.29) is 0 Å². The monoisotopic (exact) mass is 308 g/mol. The van der Waals surface area contributed by atoms with Crippen molar-refractivity contribution in [2.24, 2.45) is 5.92 Å². The minimum absolute atomic E-state index is 0.431. The summed E-state index contributed by atoms with van der Waals surface area (Å²) in [6, 6.07) is 11.3. The summed E-state index contributed by atoms with van der Waals surface area (Å²) in [6.07, 6.45) is 0. The predicted molar refractivity (Wildman–Crippen MR) is 84.6 cm³/mol. The summed E-state index contributed by atoms with van der Waals surface area (Å²) in [5, 5.41) is 1.54. The van der Waals surface area contributed by atoms with Gasteiger partial charge in [0.2, 0.25) is 5.88 Å². The van der Waals surface area contributed by atoms with Gasteiger partial charge in [-0.1, -0.05) is 43.3 Å². The molecule has 1 aromatic carbocycles. The third-order valence-electron chi connectivity index (χ3n) is 2.44. The number of nitrogen functional groups attached to an aromatic ring is 1. The van der Waals surface area contributed by atoms with Crippen LogP contribution >= 0.6 is 23.4 Å². The van der Waals surface area contributed by atoms with Gasteiger partial charge in [0.15, 0.2) is 0 Å². The highest BCUT2D eigenvalue weighted by Gasteiger charge is 2.07. The third-order valence-corrected chi connectivity index (χ3v) is 3.60. The molecule has 0 radical (unpaired) electrons. The lowest BCUT2D eigenvalue weighted by Crippen LogP contribution is -2.07. The van der Waals surface area contributed by atoms with Crippen LogP contribution in [0.25, 0.3) is 0 Å². The number of pyridine rings is 1.